The zero-order valence-electron chi connectivity index (χ0n) is 14.2. The molecule has 1 heterocycles. The van der Waals surface area contributed by atoms with Gasteiger partial charge < -0.3 is 19.4 Å². The number of methoxy groups -OCH3 is 2. The zero-order valence-corrected chi connectivity index (χ0v) is 14.2. The van der Waals surface area contributed by atoms with Crippen molar-refractivity contribution in [3.05, 3.63) is 35.5 Å². The first kappa shape index (κ1) is 18.6. The van der Waals surface area contributed by atoms with E-state index >= 15 is 0 Å². The number of aromatic nitrogens is 2. The van der Waals surface area contributed by atoms with Crippen LogP contribution >= 0.6 is 0 Å². The van der Waals surface area contributed by atoms with E-state index in [0.29, 0.717) is 34.9 Å². The SMILES string of the molecule is COc1cccc(-c2nn(CCC#N)cc2/C=C(/C#N)C(=O)[O-])c1OC. The largest absolute Gasteiger partial charge is 0.544 e. The summed E-state index contributed by atoms with van der Waals surface area (Å²) in [6, 6.07) is 8.79. The van der Waals surface area contributed by atoms with E-state index < -0.39 is 11.5 Å². The molecule has 0 N–H and O–H groups in total. The van der Waals surface area contributed by atoms with Crippen molar-refractivity contribution in [2.75, 3.05) is 14.2 Å². The summed E-state index contributed by atoms with van der Waals surface area (Å²) in [4.78, 5) is 11.1. The minimum Gasteiger partial charge on any atom is -0.544 e. The van der Waals surface area contributed by atoms with Crippen LogP contribution in [-0.4, -0.2) is 30.0 Å². The highest BCUT2D eigenvalue weighted by Gasteiger charge is 2.18. The van der Waals surface area contributed by atoms with Gasteiger partial charge in [-0.25, -0.2) is 0 Å². The first-order chi connectivity index (χ1) is 12.5. The quantitative estimate of drug-likeness (QED) is 0.541. The molecule has 0 unspecified atom stereocenters. The fourth-order valence-electron chi connectivity index (χ4n) is 2.40. The molecule has 8 nitrogen and oxygen atoms in total. The highest BCUT2D eigenvalue weighted by molar-refractivity contribution is 5.96. The van der Waals surface area contributed by atoms with E-state index in [4.69, 9.17) is 20.0 Å². The summed E-state index contributed by atoms with van der Waals surface area (Å²) in [7, 11) is 2.98. The third-order valence-corrected chi connectivity index (χ3v) is 3.54. The maximum absolute atomic E-state index is 11.1. The number of carbonyl (C=O) groups excluding carboxylic acids is 1. The minimum absolute atomic E-state index is 0.227. The summed E-state index contributed by atoms with van der Waals surface area (Å²) in [5.41, 5.74) is 0.806. The number of para-hydroxylation sites is 1. The van der Waals surface area contributed by atoms with E-state index in [1.54, 1.807) is 30.5 Å². The van der Waals surface area contributed by atoms with Crippen LogP contribution in [0, 0.1) is 22.7 Å². The number of carbonyl (C=O) groups is 1. The van der Waals surface area contributed by atoms with Crippen LogP contribution in [0.5, 0.6) is 11.5 Å². The molecule has 0 aliphatic carbocycles. The Bertz CT molecular complexity index is 932. The third kappa shape index (κ3) is 3.82. The molecule has 0 bridgehead atoms. The van der Waals surface area contributed by atoms with Gasteiger partial charge in [-0.15, -0.1) is 0 Å². The van der Waals surface area contributed by atoms with E-state index in [1.165, 1.54) is 25.0 Å². The molecule has 0 aliphatic heterocycles. The van der Waals surface area contributed by atoms with Crippen LogP contribution in [0.3, 0.4) is 0 Å². The Hall–Kier alpha value is -3.78. The van der Waals surface area contributed by atoms with E-state index in [-0.39, 0.29) is 6.42 Å². The number of benzene rings is 1. The molecule has 0 fully saturated rings. The molecular formula is C18H15N4O4-. The molecular weight excluding hydrogens is 336 g/mol. The zero-order chi connectivity index (χ0) is 19.1. The van der Waals surface area contributed by atoms with Crippen molar-refractivity contribution in [2.24, 2.45) is 0 Å². The Labute approximate surface area is 150 Å². The monoisotopic (exact) mass is 351 g/mol. The summed E-state index contributed by atoms with van der Waals surface area (Å²) in [6.07, 6.45) is 2.97. The van der Waals surface area contributed by atoms with Crippen LogP contribution < -0.4 is 14.6 Å². The van der Waals surface area contributed by atoms with E-state index in [1.807, 2.05) is 6.07 Å². The Kier molecular flexibility index (Phi) is 5.96. The van der Waals surface area contributed by atoms with E-state index in [0.717, 1.165) is 0 Å². The molecule has 2 aromatic rings. The average Bonchev–Trinajstić information content (AvgIpc) is 3.05. The number of nitriles is 2. The second-order valence-corrected chi connectivity index (χ2v) is 5.10. The molecule has 0 saturated heterocycles. The van der Waals surface area contributed by atoms with Crippen molar-refractivity contribution < 1.29 is 19.4 Å². The van der Waals surface area contributed by atoms with Gasteiger partial charge in [-0.3, -0.25) is 4.68 Å². The lowest BCUT2D eigenvalue weighted by Crippen LogP contribution is -2.23. The van der Waals surface area contributed by atoms with Crippen LogP contribution in [0.1, 0.15) is 12.0 Å². The van der Waals surface area contributed by atoms with E-state index in [2.05, 4.69) is 5.10 Å². The molecule has 8 heteroatoms. The molecule has 0 radical (unpaired) electrons. The van der Waals surface area contributed by atoms with Gasteiger partial charge >= 0.3 is 0 Å². The Morgan fingerprint density at radius 1 is 1.35 bits per heavy atom. The minimum atomic E-state index is -1.58. The first-order valence-electron chi connectivity index (χ1n) is 7.54. The maximum atomic E-state index is 11.1. The smallest absolute Gasteiger partial charge is 0.170 e. The van der Waals surface area contributed by atoms with Crippen molar-refractivity contribution in [2.45, 2.75) is 13.0 Å². The highest BCUT2D eigenvalue weighted by atomic mass is 16.5. The second kappa shape index (κ2) is 8.36. The van der Waals surface area contributed by atoms with Gasteiger partial charge in [-0.1, -0.05) is 6.07 Å². The molecule has 2 rings (SSSR count). The maximum Gasteiger partial charge on any atom is 0.170 e. The molecule has 0 amide bonds. The van der Waals surface area contributed by atoms with Crippen LogP contribution in [0.2, 0.25) is 0 Å². The van der Waals surface area contributed by atoms with Gasteiger partial charge in [0.1, 0.15) is 11.8 Å². The fourth-order valence-corrected chi connectivity index (χ4v) is 2.40. The third-order valence-electron chi connectivity index (χ3n) is 3.54. The van der Waals surface area contributed by atoms with Crippen LogP contribution in [0.4, 0.5) is 0 Å². The first-order valence-corrected chi connectivity index (χ1v) is 7.54. The normalized spacial score (nSPS) is 10.7. The van der Waals surface area contributed by atoms with Gasteiger partial charge in [-0.2, -0.15) is 15.6 Å². The van der Waals surface area contributed by atoms with Gasteiger partial charge in [-0.05, 0) is 18.2 Å². The predicted octanol–water partition coefficient (Wildman–Crippen LogP) is 1.14. The molecule has 0 aliphatic rings. The Morgan fingerprint density at radius 3 is 2.69 bits per heavy atom. The molecule has 1 aromatic carbocycles. The topological polar surface area (TPSA) is 124 Å². The lowest BCUT2D eigenvalue weighted by molar-refractivity contribution is -0.298. The molecule has 0 spiro atoms. The Balaban J connectivity index is 2.68. The number of carboxylic acids is 1. The summed E-state index contributed by atoms with van der Waals surface area (Å²) >= 11 is 0. The predicted molar refractivity (Wildman–Crippen MR) is 89.6 cm³/mol. The van der Waals surface area contributed by atoms with Gasteiger partial charge in [0.15, 0.2) is 11.5 Å². The standard InChI is InChI=1S/C18H16N4O4/c1-25-15-6-3-5-14(17(15)26-2)16-13(9-12(10-20)18(23)24)11-22(21-16)8-4-7-19/h3,5-6,9,11H,4,8H2,1-2H3,(H,23,24)/p-1/b12-9-. The second-order valence-electron chi connectivity index (χ2n) is 5.10. The summed E-state index contributed by atoms with van der Waals surface area (Å²) < 4.78 is 12.2. The van der Waals surface area contributed by atoms with Gasteiger partial charge in [0.2, 0.25) is 0 Å². The molecule has 26 heavy (non-hydrogen) atoms. The fraction of sp³-hybridized carbons (Fsp3) is 0.222. The van der Waals surface area contributed by atoms with Crippen molar-refractivity contribution in [3.8, 4) is 34.9 Å². The molecule has 132 valence electrons. The van der Waals surface area contributed by atoms with Crippen LogP contribution in [0.25, 0.3) is 17.3 Å². The number of hydrogen-bond donors (Lipinski definition) is 0. The van der Waals surface area contributed by atoms with Crippen LogP contribution in [-0.2, 0) is 11.3 Å². The van der Waals surface area contributed by atoms with Crippen molar-refractivity contribution in [3.63, 3.8) is 0 Å². The van der Waals surface area contributed by atoms with Crippen molar-refractivity contribution in [1.29, 1.82) is 10.5 Å². The van der Waals surface area contributed by atoms with Gasteiger partial charge in [0, 0.05) is 17.3 Å². The summed E-state index contributed by atoms with van der Waals surface area (Å²) in [6.45, 7) is 0.316. The molecule has 0 atom stereocenters. The number of carboxylic acid groups (broad SMARTS) is 1. The van der Waals surface area contributed by atoms with Gasteiger partial charge in [0.05, 0.1) is 44.8 Å². The number of ether oxygens (including phenoxy) is 2. The van der Waals surface area contributed by atoms with Gasteiger partial charge in [0.25, 0.3) is 0 Å². The lowest BCUT2D eigenvalue weighted by Gasteiger charge is -2.11. The number of rotatable bonds is 7. The van der Waals surface area contributed by atoms with E-state index in [9.17, 15) is 9.90 Å². The molecule has 1 aromatic heterocycles. The number of nitrogens with zero attached hydrogens (tertiary/aromatic N) is 4. The van der Waals surface area contributed by atoms with Crippen molar-refractivity contribution in [1.82, 2.24) is 9.78 Å². The number of aliphatic carboxylic acids is 1. The molecule has 0 saturated carbocycles. The Morgan fingerprint density at radius 2 is 2.12 bits per heavy atom. The average molecular weight is 351 g/mol. The van der Waals surface area contributed by atoms with Crippen LogP contribution in [0.15, 0.2) is 30.0 Å². The summed E-state index contributed by atoms with van der Waals surface area (Å²) in [5, 5.41) is 33.2. The van der Waals surface area contributed by atoms with Crippen molar-refractivity contribution >= 4 is 12.0 Å². The summed E-state index contributed by atoms with van der Waals surface area (Å²) in [5.74, 6) is -0.685. The number of aryl methyl sites for hydroxylation is 1. The number of hydrogen-bond acceptors (Lipinski definition) is 7. The lowest BCUT2D eigenvalue weighted by atomic mass is 10.0. The highest BCUT2D eigenvalue weighted by Crippen LogP contribution is 2.38.